The maximum absolute atomic E-state index is 10.5. The summed E-state index contributed by atoms with van der Waals surface area (Å²) in [4.78, 5) is 9.83. The molecule has 0 unspecified atom stereocenters. The second-order valence-electron chi connectivity index (χ2n) is 3.63. The Bertz CT molecular complexity index is 328. The molecule has 0 aliphatic rings. The first-order valence-electron chi connectivity index (χ1n) is 5.11. The summed E-state index contributed by atoms with van der Waals surface area (Å²) in [5.41, 5.74) is 1.02. The molecule has 0 spiro atoms. The van der Waals surface area contributed by atoms with Crippen molar-refractivity contribution in [2.24, 2.45) is 0 Å². The summed E-state index contributed by atoms with van der Waals surface area (Å²) in [5, 5.41) is 28.8. The number of hydrogen-bond donors (Lipinski definition) is 2. The Morgan fingerprint density at radius 2 is 1.94 bits per heavy atom. The van der Waals surface area contributed by atoms with E-state index in [9.17, 15) is 15.2 Å². The standard InChI is InChI=1S/C11H15NO4/c13-8-10(12(15)16)11(14)7-6-9-4-2-1-3-5-9/h1-5,10-11,13-14H,6-8H2/t10-,11+/m0/s1. The monoisotopic (exact) mass is 225 g/mol. The lowest BCUT2D eigenvalue weighted by Crippen LogP contribution is -2.37. The van der Waals surface area contributed by atoms with Crippen molar-refractivity contribution in [2.45, 2.75) is 25.0 Å². The zero-order valence-electron chi connectivity index (χ0n) is 8.82. The lowest BCUT2D eigenvalue weighted by Gasteiger charge is -2.13. The maximum atomic E-state index is 10.5. The van der Waals surface area contributed by atoms with E-state index in [1.54, 1.807) is 0 Å². The number of nitrogens with zero attached hydrogens (tertiary/aromatic N) is 1. The Kier molecular flexibility index (Phi) is 4.88. The van der Waals surface area contributed by atoms with E-state index in [2.05, 4.69) is 0 Å². The third-order valence-electron chi connectivity index (χ3n) is 2.47. The summed E-state index contributed by atoms with van der Waals surface area (Å²) < 4.78 is 0. The Balaban J connectivity index is 2.46. The van der Waals surface area contributed by atoms with Crippen LogP contribution in [0.5, 0.6) is 0 Å². The second-order valence-corrected chi connectivity index (χ2v) is 3.63. The molecule has 0 aliphatic carbocycles. The maximum Gasteiger partial charge on any atom is 0.261 e. The molecule has 1 rings (SSSR count). The quantitative estimate of drug-likeness (QED) is 0.549. The molecule has 0 aliphatic heterocycles. The molecule has 0 saturated carbocycles. The van der Waals surface area contributed by atoms with E-state index in [4.69, 9.17) is 5.11 Å². The van der Waals surface area contributed by atoms with E-state index in [0.29, 0.717) is 6.42 Å². The van der Waals surface area contributed by atoms with Gasteiger partial charge in [0, 0.05) is 4.92 Å². The molecular weight excluding hydrogens is 210 g/mol. The normalized spacial score (nSPS) is 14.4. The van der Waals surface area contributed by atoms with Crippen molar-refractivity contribution in [2.75, 3.05) is 6.61 Å². The van der Waals surface area contributed by atoms with Gasteiger partial charge in [0.25, 0.3) is 6.04 Å². The molecule has 0 aromatic heterocycles. The van der Waals surface area contributed by atoms with Crippen LogP contribution in [0.2, 0.25) is 0 Å². The molecular formula is C11H15NO4. The topological polar surface area (TPSA) is 83.6 Å². The summed E-state index contributed by atoms with van der Waals surface area (Å²) in [6.45, 7) is -0.636. The number of nitro groups is 1. The van der Waals surface area contributed by atoms with Gasteiger partial charge in [-0.15, -0.1) is 0 Å². The number of aryl methyl sites for hydroxylation is 1. The fourth-order valence-corrected chi connectivity index (χ4v) is 1.48. The number of aliphatic hydroxyl groups excluding tert-OH is 2. The highest BCUT2D eigenvalue weighted by molar-refractivity contribution is 5.14. The lowest BCUT2D eigenvalue weighted by atomic mass is 10.0. The van der Waals surface area contributed by atoms with Gasteiger partial charge >= 0.3 is 0 Å². The molecule has 88 valence electrons. The van der Waals surface area contributed by atoms with Gasteiger partial charge in [0.05, 0.1) is 0 Å². The minimum Gasteiger partial charge on any atom is -0.389 e. The minimum absolute atomic E-state index is 0.274. The van der Waals surface area contributed by atoms with Crippen LogP contribution in [0.3, 0.4) is 0 Å². The second kappa shape index (κ2) is 6.19. The van der Waals surface area contributed by atoms with Crippen molar-refractivity contribution in [3.8, 4) is 0 Å². The van der Waals surface area contributed by atoms with Gasteiger partial charge in [0.2, 0.25) is 0 Å². The van der Waals surface area contributed by atoms with Gasteiger partial charge in [-0.3, -0.25) is 10.1 Å². The fraction of sp³-hybridized carbons (Fsp3) is 0.455. The first-order chi connectivity index (χ1) is 7.65. The first kappa shape index (κ1) is 12.6. The predicted molar refractivity (Wildman–Crippen MR) is 58.6 cm³/mol. The summed E-state index contributed by atoms with van der Waals surface area (Å²) in [7, 11) is 0. The average Bonchev–Trinajstić information content (AvgIpc) is 2.28. The molecule has 16 heavy (non-hydrogen) atoms. The highest BCUT2D eigenvalue weighted by Gasteiger charge is 2.28. The largest absolute Gasteiger partial charge is 0.389 e. The van der Waals surface area contributed by atoms with Crippen molar-refractivity contribution in [3.05, 3.63) is 46.0 Å². The predicted octanol–water partition coefficient (Wildman–Crippen LogP) is 0.618. The molecule has 0 saturated heterocycles. The molecule has 0 bridgehead atoms. The number of hydrogen-bond acceptors (Lipinski definition) is 4. The first-order valence-corrected chi connectivity index (χ1v) is 5.11. The van der Waals surface area contributed by atoms with E-state index >= 15 is 0 Å². The number of benzene rings is 1. The molecule has 1 aromatic carbocycles. The summed E-state index contributed by atoms with van der Waals surface area (Å²) >= 11 is 0. The molecule has 0 radical (unpaired) electrons. The Morgan fingerprint density at radius 1 is 1.31 bits per heavy atom. The SMILES string of the molecule is O=[N+]([O-])[C@@H](CO)[C@H](O)CCc1ccccc1. The van der Waals surface area contributed by atoms with Crippen LogP contribution in [0, 0.1) is 10.1 Å². The van der Waals surface area contributed by atoms with E-state index in [0.717, 1.165) is 5.56 Å². The van der Waals surface area contributed by atoms with E-state index in [-0.39, 0.29) is 6.42 Å². The van der Waals surface area contributed by atoms with E-state index in [1.165, 1.54) is 0 Å². The van der Waals surface area contributed by atoms with Gasteiger partial charge in [0.15, 0.2) is 0 Å². The van der Waals surface area contributed by atoms with Gasteiger partial charge in [-0.25, -0.2) is 0 Å². The van der Waals surface area contributed by atoms with Gasteiger partial charge in [-0.1, -0.05) is 30.3 Å². The van der Waals surface area contributed by atoms with Gasteiger partial charge in [0.1, 0.15) is 12.7 Å². The summed E-state index contributed by atoms with van der Waals surface area (Å²) in [6.07, 6.45) is -0.275. The highest BCUT2D eigenvalue weighted by Crippen LogP contribution is 2.08. The summed E-state index contributed by atoms with van der Waals surface area (Å²) in [6, 6.07) is 8.13. The average molecular weight is 225 g/mol. The highest BCUT2D eigenvalue weighted by atomic mass is 16.6. The smallest absolute Gasteiger partial charge is 0.261 e. The van der Waals surface area contributed by atoms with Crippen molar-refractivity contribution >= 4 is 0 Å². The van der Waals surface area contributed by atoms with E-state index in [1.807, 2.05) is 30.3 Å². The fourth-order valence-electron chi connectivity index (χ4n) is 1.48. The molecule has 2 N–H and O–H groups in total. The van der Waals surface area contributed by atoms with Crippen LogP contribution < -0.4 is 0 Å². The molecule has 2 atom stereocenters. The lowest BCUT2D eigenvalue weighted by molar-refractivity contribution is -0.537. The van der Waals surface area contributed by atoms with Crippen LogP contribution in [-0.2, 0) is 6.42 Å². The minimum atomic E-state index is -1.29. The van der Waals surface area contributed by atoms with Crippen LogP contribution in [0.1, 0.15) is 12.0 Å². The third-order valence-corrected chi connectivity index (χ3v) is 2.47. The van der Waals surface area contributed by atoms with Crippen LogP contribution >= 0.6 is 0 Å². The van der Waals surface area contributed by atoms with Crippen LogP contribution in [0.4, 0.5) is 0 Å². The molecule has 5 heteroatoms. The molecule has 1 aromatic rings. The zero-order valence-corrected chi connectivity index (χ0v) is 8.82. The molecule has 0 amide bonds. The van der Waals surface area contributed by atoms with Gasteiger partial charge in [-0.05, 0) is 18.4 Å². The number of aliphatic hydroxyl groups is 2. The van der Waals surface area contributed by atoms with Crippen LogP contribution in [0.15, 0.2) is 30.3 Å². The van der Waals surface area contributed by atoms with E-state index < -0.39 is 23.7 Å². The molecule has 5 nitrogen and oxygen atoms in total. The van der Waals surface area contributed by atoms with Crippen molar-refractivity contribution in [3.63, 3.8) is 0 Å². The number of rotatable bonds is 6. The molecule has 0 fully saturated rings. The molecule has 0 heterocycles. The van der Waals surface area contributed by atoms with Gasteiger partial charge in [-0.2, -0.15) is 0 Å². The van der Waals surface area contributed by atoms with Crippen LogP contribution in [0.25, 0.3) is 0 Å². The van der Waals surface area contributed by atoms with Gasteiger partial charge < -0.3 is 10.2 Å². The van der Waals surface area contributed by atoms with Crippen molar-refractivity contribution in [1.29, 1.82) is 0 Å². The zero-order chi connectivity index (χ0) is 12.0. The third kappa shape index (κ3) is 3.60. The van der Waals surface area contributed by atoms with Crippen molar-refractivity contribution in [1.82, 2.24) is 0 Å². The van der Waals surface area contributed by atoms with Crippen LogP contribution in [-0.4, -0.2) is 33.9 Å². The van der Waals surface area contributed by atoms with Crippen molar-refractivity contribution < 1.29 is 15.1 Å². The summed E-state index contributed by atoms with van der Waals surface area (Å²) in [5.74, 6) is 0. The Hall–Kier alpha value is -1.46. The Morgan fingerprint density at radius 3 is 2.44 bits per heavy atom. The Labute approximate surface area is 93.5 Å².